The van der Waals surface area contributed by atoms with Crippen LogP contribution in [0.1, 0.15) is 64.8 Å². The first-order valence-corrected chi connectivity index (χ1v) is 6.77. The number of ketones is 1. The van der Waals surface area contributed by atoms with Crippen LogP contribution < -0.4 is 5.73 Å². The van der Waals surface area contributed by atoms with Crippen LogP contribution in [-0.2, 0) is 4.74 Å². The van der Waals surface area contributed by atoms with Gasteiger partial charge in [0, 0.05) is 6.92 Å². The molecule has 2 N–H and O–H groups in total. The lowest BCUT2D eigenvalue weighted by atomic mass is 10.2. The highest BCUT2D eigenvalue weighted by atomic mass is 32.1. The number of nitrogens with two attached hydrogens (primary N) is 1. The number of aromatic nitrogens is 1. The van der Waals surface area contributed by atoms with E-state index in [0.717, 1.165) is 12.8 Å². The minimum Gasteiger partial charge on any atom is -0.461 e. The summed E-state index contributed by atoms with van der Waals surface area (Å²) in [5.41, 5.74) is 6.04. The van der Waals surface area contributed by atoms with Crippen molar-refractivity contribution in [3.05, 3.63) is 15.6 Å². The van der Waals surface area contributed by atoms with Gasteiger partial charge in [-0.05, 0) is 13.3 Å². The molecule has 0 bridgehead atoms. The minimum absolute atomic E-state index is 0.0934. The third-order valence-corrected chi connectivity index (χ3v) is 3.64. The van der Waals surface area contributed by atoms with Crippen LogP contribution in [0.2, 0.25) is 0 Å². The molecule has 1 aromatic heterocycles. The van der Waals surface area contributed by atoms with E-state index in [2.05, 4.69) is 4.98 Å². The number of hydrogen-bond acceptors (Lipinski definition) is 6. The molecule has 100 valence electrons. The number of ether oxygens (including phenoxy) is 1. The molecule has 0 fully saturated rings. The van der Waals surface area contributed by atoms with Gasteiger partial charge >= 0.3 is 5.97 Å². The number of carbonyl (C=O) groups excluding carboxylic acids is 2. The van der Waals surface area contributed by atoms with Crippen LogP contribution in [0.25, 0.3) is 0 Å². The first-order valence-electron chi connectivity index (χ1n) is 5.95. The van der Waals surface area contributed by atoms with Crippen molar-refractivity contribution in [2.24, 2.45) is 5.73 Å². The van der Waals surface area contributed by atoms with Crippen molar-refractivity contribution in [3.63, 3.8) is 0 Å². The molecule has 1 heterocycles. The predicted octanol–water partition coefficient (Wildman–Crippen LogP) is 2.32. The van der Waals surface area contributed by atoms with Crippen molar-refractivity contribution in [2.45, 2.75) is 39.7 Å². The lowest BCUT2D eigenvalue weighted by Crippen LogP contribution is -2.12. The summed E-state index contributed by atoms with van der Waals surface area (Å²) in [5, 5.41) is 0.616. The van der Waals surface area contributed by atoms with E-state index in [1.165, 1.54) is 18.3 Å². The first kappa shape index (κ1) is 14.8. The molecule has 1 rings (SSSR count). The topological polar surface area (TPSA) is 82.3 Å². The molecule has 1 atom stereocenters. The Kier molecular flexibility index (Phi) is 5.43. The molecule has 1 unspecified atom stereocenters. The number of thiazole rings is 1. The van der Waals surface area contributed by atoms with Gasteiger partial charge < -0.3 is 10.5 Å². The zero-order chi connectivity index (χ0) is 13.7. The number of hydrogen-bond donors (Lipinski definition) is 1. The molecule has 0 aliphatic heterocycles. The zero-order valence-electron chi connectivity index (χ0n) is 10.9. The Hall–Kier alpha value is -1.27. The Morgan fingerprint density at radius 3 is 2.61 bits per heavy atom. The second-order valence-corrected chi connectivity index (χ2v) is 4.93. The Bertz CT molecular complexity index is 443. The van der Waals surface area contributed by atoms with Crippen molar-refractivity contribution >= 4 is 23.1 Å². The summed E-state index contributed by atoms with van der Waals surface area (Å²) in [6.07, 6.45) is 1.69. The minimum atomic E-state index is -0.561. The molecule has 0 aliphatic carbocycles. The average Bonchev–Trinajstić information content (AvgIpc) is 2.74. The van der Waals surface area contributed by atoms with Gasteiger partial charge in [-0.1, -0.05) is 13.3 Å². The molecule has 0 saturated heterocycles. The first-order chi connectivity index (χ1) is 8.51. The molecule has 5 nitrogen and oxygen atoms in total. The third kappa shape index (κ3) is 3.36. The summed E-state index contributed by atoms with van der Waals surface area (Å²) >= 11 is 1.18. The van der Waals surface area contributed by atoms with Crippen LogP contribution in [0.4, 0.5) is 0 Å². The summed E-state index contributed by atoms with van der Waals surface area (Å²) in [5.74, 6) is -0.751. The molecule has 0 aliphatic rings. The second-order valence-electron chi connectivity index (χ2n) is 3.90. The smallest absolute Gasteiger partial charge is 0.358 e. The fourth-order valence-corrected chi connectivity index (χ4v) is 2.49. The molecule has 18 heavy (non-hydrogen) atoms. The van der Waals surface area contributed by atoms with Crippen LogP contribution in [0.3, 0.4) is 0 Å². The largest absolute Gasteiger partial charge is 0.461 e. The van der Waals surface area contributed by atoms with Crippen LogP contribution in [0.15, 0.2) is 0 Å². The zero-order valence-corrected chi connectivity index (χ0v) is 11.7. The third-order valence-electron chi connectivity index (χ3n) is 2.35. The average molecular weight is 270 g/mol. The van der Waals surface area contributed by atoms with Gasteiger partial charge in [-0.3, -0.25) is 4.79 Å². The fourth-order valence-electron chi connectivity index (χ4n) is 1.51. The van der Waals surface area contributed by atoms with E-state index in [1.807, 2.05) is 6.92 Å². The van der Waals surface area contributed by atoms with Gasteiger partial charge in [0.2, 0.25) is 0 Å². The summed E-state index contributed by atoms with van der Waals surface area (Å²) in [6.45, 7) is 5.39. The van der Waals surface area contributed by atoms with Crippen LogP contribution in [-0.4, -0.2) is 23.3 Å². The summed E-state index contributed by atoms with van der Waals surface area (Å²) in [7, 11) is 0. The summed E-state index contributed by atoms with van der Waals surface area (Å²) < 4.78 is 4.88. The number of carbonyl (C=O) groups is 2. The van der Waals surface area contributed by atoms with Gasteiger partial charge in [0.25, 0.3) is 0 Å². The van der Waals surface area contributed by atoms with Crippen molar-refractivity contribution in [1.29, 1.82) is 0 Å². The Balaban J connectivity index is 3.08. The Labute approximate surface area is 110 Å². The molecule has 0 radical (unpaired) electrons. The van der Waals surface area contributed by atoms with Gasteiger partial charge in [-0.15, -0.1) is 11.3 Å². The molecule has 0 amide bonds. The lowest BCUT2D eigenvalue weighted by molar-refractivity contribution is 0.0517. The molecule has 0 spiro atoms. The Morgan fingerprint density at radius 1 is 1.44 bits per heavy atom. The fraction of sp³-hybridized carbons (Fsp3) is 0.583. The van der Waals surface area contributed by atoms with E-state index >= 15 is 0 Å². The number of nitrogens with zero attached hydrogens (tertiary/aromatic N) is 1. The Morgan fingerprint density at radius 2 is 2.11 bits per heavy atom. The van der Waals surface area contributed by atoms with E-state index in [4.69, 9.17) is 10.5 Å². The van der Waals surface area contributed by atoms with E-state index in [0.29, 0.717) is 9.88 Å². The number of Topliss-reactive ketones (excluding diaryl/α,β-unsaturated/α-hetero) is 1. The normalized spacial score (nSPS) is 12.2. The summed E-state index contributed by atoms with van der Waals surface area (Å²) in [6, 6.07) is -0.235. The highest BCUT2D eigenvalue weighted by Gasteiger charge is 2.24. The maximum atomic E-state index is 11.7. The van der Waals surface area contributed by atoms with Crippen molar-refractivity contribution < 1.29 is 14.3 Å². The lowest BCUT2D eigenvalue weighted by Gasteiger charge is -2.04. The maximum absolute atomic E-state index is 11.7. The molecule has 0 aromatic carbocycles. The number of esters is 1. The quantitative estimate of drug-likeness (QED) is 0.633. The van der Waals surface area contributed by atoms with Gasteiger partial charge in [-0.2, -0.15) is 0 Å². The van der Waals surface area contributed by atoms with Crippen LogP contribution in [0, 0.1) is 0 Å². The van der Waals surface area contributed by atoms with Gasteiger partial charge in [0.1, 0.15) is 9.88 Å². The van der Waals surface area contributed by atoms with E-state index in [-0.39, 0.29) is 24.1 Å². The van der Waals surface area contributed by atoms with Crippen LogP contribution >= 0.6 is 11.3 Å². The second kappa shape index (κ2) is 6.61. The van der Waals surface area contributed by atoms with Crippen molar-refractivity contribution in [1.82, 2.24) is 4.98 Å². The summed E-state index contributed by atoms with van der Waals surface area (Å²) in [4.78, 5) is 27.7. The molecular weight excluding hydrogens is 252 g/mol. The van der Waals surface area contributed by atoms with E-state index in [9.17, 15) is 9.59 Å². The molecule has 0 saturated carbocycles. The standard InChI is InChI=1S/C12H18N2O3S/c1-4-6-8(13)11-14-9(12(16)17-5-2)10(18-11)7(3)15/h8H,4-6,13H2,1-3H3. The van der Waals surface area contributed by atoms with E-state index < -0.39 is 5.97 Å². The predicted molar refractivity (Wildman–Crippen MR) is 69.9 cm³/mol. The van der Waals surface area contributed by atoms with Gasteiger partial charge in [0.05, 0.1) is 12.6 Å². The van der Waals surface area contributed by atoms with Crippen molar-refractivity contribution in [3.8, 4) is 0 Å². The number of rotatable bonds is 6. The maximum Gasteiger partial charge on any atom is 0.358 e. The van der Waals surface area contributed by atoms with Gasteiger partial charge in [-0.25, -0.2) is 9.78 Å². The highest BCUT2D eigenvalue weighted by Crippen LogP contribution is 2.26. The molecular formula is C12H18N2O3S. The SMILES string of the molecule is CCCC(N)c1nc(C(=O)OCC)c(C(C)=O)s1. The molecule has 1 aromatic rings. The van der Waals surface area contributed by atoms with E-state index in [1.54, 1.807) is 6.92 Å². The van der Waals surface area contributed by atoms with Gasteiger partial charge in [0.15, 0.2) is 11.5 Å². The van der Waals surface area contributed by atoms with Crippen molar-refractivity contribution in [2.75, 3.05) is 6.61 Å². The molecule has 6 heteroatoms. The van der Waals surface area contributed by atoms with Crippen LogP contribution in [0.5, 0.6) is 0 Å². The highest BCUT2D eigenvalue weighted by molar-refractivity contribution is 7.14. The monoisotopic (exact) mass is 270 g/mol.